The van der Waals surface area contributed by atoms with E-state index < -0.39 is 0 Å². The summed E-state index contributed by atoms with van der Waals surface area (Å²) in [6.45, 7) is 0.456. The topological polar surface area (TPSA) is 29.1 Å². The number of nitrogens with one attached hydrogen (secondary N) is 1. The highest BCUT2D eigenvalue weighted by molar-refractivity contribution is 6.42. The number of halogens is 3. The van der Waals surface area contributed by atoms with Gasteiger partial charge in [-0.15, -0.1) is 11.6 Å². The third-order valence-electron chi connectivity index (χ3n) is 2.01. The molecule has 5 heteroatoms. The molecule has 0 aromatic heterocycles. The van der Waals surface area contributed by atoms with Crippen molar-refractivity contribution in [1.29, 1.82) is 0 Å². The summed E-state index contributed by atoms with van der Waals surface area (Å²) in [5.41, 5.74) is 0.925. The summed E-state index contributed by atoms with van der Waals surface area (Å²) in [5.74, 6) is 0.493. The van der Waals surface area contributed by atoms with Gasteiger partial charge >= 0.3 is 0 Å². The molecule has 0 aliphatic heterocycles. The predicted octanol–water partition coefficient (Wildman–Crippen LogP) is 3.63. The first-order chi connectivity index (χ1) is 7.63. The molecule has 2 nitrogen and oxygen atoms in total. The smallest absolute Gasteiger partial charge is 0.220 e. The zero-order valence-electron chi connectivity index (χ0n) is 8.60. The molecule has 1 aromatic rings. The van der Waals surface area contributed by atoms with Gasteiger partial charge in [-0.1, -0.05) is 29.3 Å². The highest BCUT2D eigenvalue weighted by atomic mass is 35.5. The van der Waals surface area contributed by atoms with Gasteiger partial charge in [0.2, 0.25) is 5.91 Å². The quantitative estimate of drug-likeness (QED) is 0.820. The second-order valence-electron chi connectivity index (χ2n) is 3.32. The maximum absolute atomic E-state index is 11.3. The molecule has 0 saturated heterocycles. The third-order valence-corrected chi connectivity index (χ3v) is 3.02. The number of alkyl halides is 1. The largest absolute Gasteiger partial charge is 0.352 e. The Kier molecular flexibility index (Phi) is 5.96. The molecule has 0 saturated carbocycles. The van der Waals surface area contributed by atoms with Crippen LogP contribution in [-0.2, 0) is 11.3 Å². The Morgan fingerprint density at radius 2 is 2.00 bits per heavy atom. The van der Waals surface area contributed by atoms with Crippen molar-refractivity contribution in [1.82, 2.24) is 5.32 Å². The van der Waals surface area contributed by atoms with Gasteiger partial charge in [0.05, 0.1) is 10.0 Å². The predicted molar refractivity (Wildman–Crippen MR) is 68.3 cm³/mol. The molecule has 0 atom stereocenters. The normalized spacial score (nSPS) is 10.2. The van der Waals surface area contributed by atoms with Crippen LogP contribution in [0.4, 0.5) is 0 Å². The number of carbonyl (C=O) groups is 1. The maximum atomic E-state index is 11.3. The fourth-order valence-electron chi connectivity index (χ4n) is 1.17. The van der Waals surface area contributed by atoms with Gasteiger partial charge in [-0.2, -0.15) is 0 Å². The average molecular weight is 281 g/mol. The Labute approximate surface area is 110 Å². The minimum atomic E-state index is -0.00766. The number of amides is 1. The fourth-order valence-corrected chi connectivity index (χ4v) is 1.62. The van der Waals surface area contributed by atoms with Gasteiger partial charge in [-0.05, 0) is 24.1 Å². The summed E-state index contributed by atoms with van der Waals surface area (Å²) in [6.07, 6.45) is 1.14. The van der Waals surface area contributed by atoms with Crippen LogP contribution in [-0.4, -0.2) is 11.8 Å². The molecule has 1 amide bonds. The van der Waals surface area contributed by atoms with Gasteiger partial charge in [-0.3, -0.25) is 4.79 Å². The lowest BCUT2D eigenvalue weighted by atomic mass is 10.2. The van der Waals surface area contributed by atoms with Crippen LogP contribution >= 0.6 is 34.8 Å². The van der Waals surface area contributed by atoms with Gasteiger partial charge in [0.1, 0.15) is 0 Å². The van der Waals surface area contributed by atoms with Gasteiger partial charge in [0.25, 0.3) is 0 Å². The second kappa shape index (κ2) is 7.00. The lowest BCUT2D eigenvalue weighted by Crippen LogP contribution is -2.22. The summed E-state index contributed by atoms with van der Waals surface area (Å²) >= 11 is 17.1. The van der Waals surface area contributed by atoms with E-state index in [0.717, 1.165) is 5.56 Å². The van der Waals surface area contributed by atoms with Crippen LogP contribution in [0, 0.1) is 0 Å². The first-order valence-corrected chi connectivity index (χ1v) is 6.19. The molecule has 1 aromatic carbocycles. The minimum Gasteiger partial charge on any atom is -0.352 e. The summed E-state index contributed by atoms with van der Waals surface area (Å²) in [5, 5.41) is 3.79. The Balaban J connectivity index is 2.42. The first-order valence-electron chi connectivity index (χ1n) is 4.90. The SMILES string of the molecule is O=C(CCCCl)NCc1ccc(Cl)c(Cl)c1. The molecule has 0 bridgehead atoms. The monoisotopic (exact) mass is 279 g/mol. The van der Waals surface area contributed by atoms with Crippen molar-refractivity contribution in [2.45, 2.75) is 19.4 Å². The van der Waals surface area contributed by atoms with E-state index in [-0.39, 0.29) is 5.91 Å². The standard InChI is InChI=1S/C11H12Cl3NO/c12-5-1-2-11(16)15-7-8-3-4-9(13)10(14)6-8/h3-4,6H,1-2,5,7H2,(H,15,16). The van der Waals surface area contributed by atoms with Crippen molar-refractivity contribution < 1.29 is 4.79 Å². The molecular weight excluding hydrogens is 268 g/mol. The van der Waals surface area contributed by atoms with Gasteiger partial charge < -0.3 is 5.32 Å². The first kappa shape index (κ1) is 13.6. The molecule has 0 unspecified atom stereocenters. The zero-order valence-corrected chi connectivity index (χ0v) is 10.9. The lowest BCUT2D eigenvalue weighted by molar-refractivity contribution is -0.121. The van der Waals surface area contributed by atoms with Crippen molar-refractivity contribution in [2.75, 3.05) is 5.88 Å². The minimum absolute atomic E-state index is 0.00766. The number of rotatable bonds is 5. The van der Waals surface area contributed by atoms with Crippen molar-refractivity contribution in [3.05, 3.63) is 33.8 Å². The molecule has 0 aliphatic rings. The number of carbonyl (C=O) groups excluding carboxylic acids is 1. The molecule has 0 radical (unpaired) electrons. The van der Waals surface area contributed by atoms with Crippen LogP contribution < -0.4 is 5.32 Å². The van der Waals surface area contributed by atoms with Gasteiger partial charge in [0.15, 0.2) is 0 Å². The molecule has 0 spiro atoms. The lowest BCUT2D eigenvalue weighted by Gasteiger charge is -2.05. The van der Waals surface area contributed by atoms with E-state index >= 15 is 0 Å². The van der Waals surface area contributed by atoms with Crippen molar-refractivity contribution in [3.8, 4) is 0 Å². The van der Waals surface area contributed by atoms with E-state index in [9.17, 15) is 4.79 Å². The summed E-state index contributed by atoms with van der Waals surface area (Å²) in [4.78, 5) is 11.3. The fraction of sp³-hybridized carbons (Fsp3) is 0.364. The van der Waals surface area contributed by atoms with Crippen LogP contribution in [0.5, 0.6) is 0 Å². The third kappa shape index (κ3) is 4.60. The number of hydrogen-bond donors (Lipinski definition) is 1. The van der Waals surface area contributed by atoms with E-state index in [4.69, 9.17) is 34.8 Å². The Morgan fingerprint density at radius 3 is 2.62 bits per heavy atom. The van der Waals surface area contributed by atoms with E-state index in [1.165, 1.54) is 0 Å². The van der Waals surface area contributed by atoms with E-state index in [1.54, 1.807) is 12.1 Å². The highest BCUT2D eigenvalue weighted by Gasteiger charge is 2.02. The van der Waals surface area contributed by atoms with Crippen molar-refractivity contribution >= 4 is 40.7 Å². The van der Waals surface area contributed by atoms with Crippen molar-refractivity contribution in [3.63, 3.8) is 0 Å². The second-order valence-corrected chi connectivity index (χ2v) is 4.51. The maximum Gasteiger partial charge on any atom is 0.220 e. The van der Waals surface area contributed by atoms with E-state index in [2.05, 4.69) is 5.32 Å². The van der Waals surface area contributed by atoms with E-state index in [1.807, 2.05) is 6.07 Å². The number of benzene rings is 1. The van der Waals surface area contributed by atoms with Crippen LogP contribution in [0.1, 0.15) is 18.4 Å². The zero-order chi connectivity index (χ0) is 12.0. The Bertz CT molecular complexity index is 368. The number of hydrogen-bond acceptors (Lipinski definition) is 1. The summed E-state index contributed by atoms with van der Waals surface area (Å²) < 4.78 is 0. The molecule has 1 rings (SSSR count). The molecule has 1 N–H and O–H groups in total. The summed E-state index contributed by atoms with van der Waals surface area (Å²) in [7, 11) is 0. The summed E-state index contributed by atoms with van der Waals surface area (Å²) in [6, 6.07) is 5.28. The molecule has 0 heterocycles. The molecule has 88 valence electrons. The highest BCUT2D eigenvalue weighted by Crippen LogP contribution is 2.22. The average Bonchev–Trinajstić information content (AvgIpc) is 2.28. The molecule has 16 heavy (non-hydrogen) atoms. The Morgan fingerprint density at radius 1 is 1.25 bits per heavy atom. The molecule has 0 aliphatic carbocycles. The van der Waals surface area contributed by atoms with Crippen molar-refractivity contribution in [2.24, 2.45) is 0 Å². The van der Waals surface area contributed by atoms with Gasteiger partial charge in [-0.25, -0.2) is 0 Å². The molecular formula is C11H12Cl3NO. The van der Waals surface area contributed by atoms with E-state index in [0.29, 0.717) is 35.3 Å². The Hall–Kier alpha value is -0.440. The molecule has 0 fully saturated rings. The van der Waals surface area contributed by atoms with Crippen LogP contribution in [0.3, 0.4) is 0 Å². The van der Waals surface area contributed by atoms with Crippen LogP contribution in [0.15, 0.2) is 18.2 Å². The van der Waals surface area contributed by atoms with Crippen LogP contribution in [0.2, 0.25) is 10.0 Å². The van der Waals surface area contributed by atoms with Crippen LogP contribution in [0.25, 0.3) is 0 Å². The van der Waals surface area contributed by atoms with Gasteiger partial charge in [0, 0.05) is 18.8 Å².